The van der Waals surface area contributed by atoms with Gasteiger partial charge in [0.1, 0.15) is 6.61 Å². The second-order valence-corrected chi connectivity index (χ2v) is 9.40. The molecule has 1 aliphatic carbocycles. The first-order chi connectivity index (χ1) is 19.1. The van der Waals surface area contributed by atoms with Crippen molar-refractivity contribution in [2.24, 2.45) is 5.92 Å². The van der Waals surface area contributed by atoms with Crippen LogP contribution in [0.2, 0.25) is 0 Å². The number of nitrogens with one attached hydrogen (secondary N) is 1. The van der Waals surface area contributed by atoms with Crippen molar-refractivity contribution < 1.29 is 41.9 Å². The molecule has 0 saturated heterocycles. The van der Waals surface area contributed by atoms with Gasteiger partial charge in [-0.05, 0) is 40.8 Å². The normalized spacial score (nSPS) is 14.8. The maximum absolute atomic E-state index is 13.6. The molecular formula is C29H23F3N2O6. The topological polar surface area (TPSA) is 102 Å². The van der Waals surface area contributed by atoms with Crippen LogP contribution >= 0.6 is 0 Å². The van der Waals surface area contributed by atoms with Gasteiger partial charge in [0.2, 0.25) is 0 Å². The number of carbonyl (C=O) groups excluding carboxylic acids is 4. The third-order valence-corrected chi connectivity index (χ3v) is 6.95. The van der Waals surface area contributed by atoms with Crippen molar-refractivity contribution >= 4 is 23.9 Å². The lowest BCUT2D eigenvalue weighted by molar-refractivity contribution is -0.181. The molecule has 0 saturated carbocycles. The summed E-state index contributed by atoms with van der Waals surface area (Å²) in [4.78, 5) is 53.9. The molecule has 0 fully saturated rings. The van der Waals surface area contributed by atoms with Crippen LogP contribution in [0.25, 0.3) is 11.1 Å². The first-order valence-corrected chi connectivity index (χ1v) is 12.5. The van der Waals surface area contributed by atoms with E-state index < -0.39 is 55.4 Å². The van der Waals surface area contributed by atoms with Gasteiger partial charge in [-0.15, -0.1) is 0 Å². The molecule has 2 aliphatic rings. The van der Waals surface area contributed by atoms with Crippen LogP contribution in [0.15, 0.2) is 72.8 Å². The van der Waals surface area contributed by atoms with E-state index in [4.69, 9.17) is 9.57 Å². The minimum absolute atomic E-state index is 0.0285. The van der Waals surface area contributed by atoms with Crippen molar-refractivity contribution in [3.05, 3.63) is 95.1 Å². The first kappa shape index (κ1) is 26.9. The Morgan fingerprint density at radius 1 is 0.825 bits per heavy atom. The molecule has 3 aromatic carbocycles. The Morgan fingerprint density at radius 2 is 1.32 bits per heavy atom. The van der Waals surface area contributed by atoms with E-state index in [-0.39, 0.29) is 28.7 Å². The zero-order chi connectivity index (χ0) is 28.4. The zero-order valence-electron chi connectivity index (χ0n) is 20.9. The minimum atomic E-state index is -4.74. The summed E-state index contributed by atoms with van der Waals surface area (Å²) in [6.07, 6.45) is -7.25. The van der Waals surface area contributed by atoms with E-state index in [0.717, 1.165) is 22.3 Å². The van der Waals surface area contributed by atoms with Gasteiger partial charge in [-0.2, -0.15) is 13.2 Å². The molecule has 3 amide bonds. The summed E-state index contributed by atoms with van der Waals surface area (Å²) in [5.41, 5.74) is 4.00. The van der Waals surface area contributed by atoms with Gasteiger partial charge >= 0.3 is 18.2 Å². The number of fused-ring (bicyclic) bond motifs is 4. The second-order valence-electron chi connectivity index (χ2n) is 9.40. The number of imide groups is 1. The molecular weight excluding hydrogens is 529 g/mol. The van der Waals surface area contributed by atoms with Crippen LogP contribution in [-0.2, 0) is 14.4 Å². The van der Waals surface area contributed by atoms with Crippen molar-refractivity contribution in [3.63, 3.8) is 0 Å². The average Bonchev–Trinajstić information content (AvgIpc) is 3.38. The van der Waals surface area contributed by atoms with Crippen molar-refractivity contribution in [1.29, 1.82) is 0 Å². The molecule has 11 heteroatoms. The summed E-state index contributed by atoms with van der Waals surface area (Å²) < 4.78 is 46.2. The molecule has 206 valence electrons. The highest BCUT2D eigenvalue weighted by atomic mass is 19.4. The third-order valence-electron chi connectivity index (χ3n) is 6.95. The summed E-state index contributed by atoms with van der Waals surface area (Å²) >= 11 is 0. The van der Waals surface area contributed by atoms with Crippen LogP contribution in [0.4, 0.5) is 18.0 Å². The second kappa shape index (κ2) is 10.8. The standard InChI is InChI=1S/C29H23F3N2O6/c30-29(31,32)17(13-14-25(35)40-34-26(36)22-11-5-6-12-23(22)27(34)37)15-33-28(38)39-16-24-20-9-3-1-7-18(20)19-8-2-4-10-21(19)24/h1-12,17,24H,13-16H2,(H,33,38). The number of ether oxygens (including phenoxy) is 1. The largest absolute Gasteiger partial charge is 0.449 e. The molecule has 3 aromatic rings. The molecule has 1 unspecified atom stereocenters. The van der Waals surface area contributed by atoms with Gasteiger partial charge < -0.3 is 14.9 Å². The number of hydrogen-bond acceptors (Lipinski definition) is 6. The van der Waals surface area contributed by atoms with Crippen molar-refractivity contribution in [1.82, 2.24) is 10.4 Å². The Hall–Kier alpha value is -4.67. The van der Waals surface area contributed by atoms with Gasteiger partial charge in [-0.3, -0.25) is 9.59 Å². The fourth-order valence-electron chi connectivity index (χ4n) is 4.93. The zero-order valence-corrected chi connectivity index (χ0v) is 20.9. The molecule has 0 aromatic heterocycles. The number of alkyl carbamates (subject to hydrolysis) is 1. The van der Waals surface area contributed by atoms with Gasteiger partial charge in [0.05, 0.1) is 17.0 Å². The Bertz CT molecular complexity index is 1410. The van der Waals surface area contributed by atoms with Crippen LogP contribution in [0.3, 0.4) is 0 Å². The highest BCUT2D eigenvalue weighted by Gasteiger charge is 2.42. The van der Waals surface area contributed by atoms with Gasteiger partial charge in [-0.1, -0.05) is 65.7 Å². The van der Waals surface area contributed by atoms with E-state index in [1.807, 2.05) is 48.5 Å². The van der Waals surface area contributed by atoms with Crippen molar-refractivity contribution in [2.75, 3.05) is 13.2 Å². The number of carbonyl (C=O) groups is 4. The predicted octanol–water partition coefficient (Wildman–Crippen LogP) is 5.24. The SMILES string of the molecule is O=C(CCC(CNC(=O)OCC1c2ccccc2-c2ccccc21)C(F)(F)F)ON1C(=O)c2ccccc2C1=O. The summed E-state index contributed by atoms with van der Waals surface area (Å²) in [6, 6.07) is 21.1. The number of amides is 3. The number of hydroxylamine groups is 2. The maximum atomic E-state index is 13.6. The number of nitrogens with zero attached hydrogens (tertiary/aromatic N) is 1. The summed E-state index contributed by atoms with van der Waals surface area (Å²) in [5, 5.41) is 2.37. The molecule has 1 N–H and O–H groups in total. The van der Waals surface area contributed by atoms with Crippen molar-refractivity contribution in [3.8, 4) is 11.1 Å². The van der Waals surface area contributed by atoms with Crippen LogP contribution in [0.5, 0.6) is 0 Å². The minimum Gasteiger partial charge on any atom is -0.449 e. The van der Waals surface area contributed by atoms with Gasteiger partial charge in [0.15, 0.2) is 0 Å². The smallest absolute Gasteiger partial charge is 0.407 e. The quantitative estimate of drug-likeness (QED) is 0.384. The van der Waals surface area contributed by atoms with E-state index >= 15 is 0 Å². The molecule has 0 spiro atoms. The monoisotopic (exact) mass is 552 g/mol. The van der Waals surface area contributed by atoms with Crippen LogP contribution in [0, 0.1) is 5.92 Å². The number of alkyl halides is 3. The number of benzene rings is 3. The molecule has 5 rings (SSSR count). The first-order valence-electron chi connectivity index (χ1n) is 12.5. The molecule has 1 heterocycles. The number of rotatable bonds is 8. The predicted molar refractivity (Wildman–Crippen MR) is 135 cm³/mol. The van der Waals surface area contributed by atoms with E-state index in [1.54, 1.807) is 0 Å². The Balaban J connectivity index is 1.13. The Labute approximate surface area is 226 Å². The van der Waals surface area contributed by atoms with Gasteiger partial charge in [0.25, 0.3) is 11.8 Å². The van der Waals surface area contributed by atoms with Crippen molar-refractivity contribution in [2.45, 2.75) is 24.9 Å². The maximum Gasteiger partial charge on any atom is 0.407 e. The lowest BCUT2D eigenvalue weighted by Crippen LogP contribution is -2.38. The van der Waals surface area contributed by atoms with Gasteiger partial charge in [0, 0.05) is 18.9 Å². The molecule has 0 bridgehead atoms. The fourth-order valence-corrected chi connectivity index (χ4v) is 4.93. The van der Waals surface area contributed by atoms with Crippen LogP contribution < -0.4 is 5.32 Å². The van der Waals surface area contributed by atoms with Crippen LogP contribution in [-0.4, -0.2) is 48.3 Å². The van der Waals surface area contributed by atoms with Gasteiger partial charge in [-0.25, -0.2) is 9.59 Å². The molecule has 1 atom stereocenters. The lowest BCUT2D eigenvalue weighted by atomic mass is 9.98. The summed E-state index contributed by atoms with van der Waals surface area (Å²) in [5.74, 6) is -5.29. The van der Waals surface area contributed by atoms with E-state index in [1.165, 1.54) is 24.3 Å². The van der Waals surface area contributed by atoms with E-state index in [2.05, 4.69) is 5.32 Å². The lowest BCUT2D eigenvalue weighted by Gasteiger charge is -2.21. The highest BCUT2D eigenvalue weighted by Crippen LogP contribution is 2.44. The highest BCUT2D eigenvalue weighted by molar-refractivity contribution is 6.20. The summed E-state index contributed by atoms with van der Waals surface area (Å²) in [6.45, 7) is -0.899. The number of hydrogen-bond donors (Lipinski definition) is 1. The molecule has 1 aliphatic heterocycles. The molecule has 8 nitrogen and oxygen atoms in total. The van der Waals surface area contributed by atoms with Crippen LogP contribution in [0.1, 0.15) is 50.6 Å². The number of halogens is 3. The molecule has 0 radical (unpaired) electrons. The van der Waals surface area contributed by atoms with E-state index in [0.29, 0.717) is 0 Å². The fraction of sp³-hybridized carbons (Fsp3) is 0.241. The molecule has 40 heavy (non-hydrogen) atoms. The van der Waals surface area contributed by atoms with E-state index in [9.17, 15) is 32.3 Å². The average molecular weight is 553 g/mol. The Kier molecular flexibility index (Phi) is 7.29. The third kappa shape index (κ3) is 5.27. The summed E-state index contributed by atoms with van der Waals surface area (Å²) in [7, 11) is 0. The Morgan fingerprint density at radius 3 is 1.85 bits per heavy atom.